The molecule has 0 fully saturated rings. The number of hydrogen-bond donors (Lipinski definition) is 1. The van der Waals surface area contributed by atoms with Crippen molar-refractivity contribution in [2.45, 2.75) is 26.4 Å². The summed E-state index contributed by atoms with van der Waals surface area (Å²) in [5, 5.41) is 11.1. The van der Waals surface area contributed by atoms with Gasteiger partial charge in [-0.1, -0.05) is 46.3 Å². The number of aliphatic hydroxyl groups is 1. The molecule has 0 bridgehead atoms. The standard InChI is InChI=1S/C17H19BrO2/c1-11-9-10-14(16(20-4)12(11)2)17(3,19)13-7-5-6-8-15(13)18/h5-10,19H,1-4H3. The molecule has 0 saturated carbocycles. The second kappa shape index (κ2) is 5.58. The maximum atomic E-state index is 11.1. The Labute approximate surface area is 128 Å². The van der Waals surface area contributed by atoms with E-state index in [9.17, 15) is 5.11 Å². The summed E-state index contributed by atoms with van der Waals surface area (Å²) in [4.78, 5) is 0. The van der Waals surface area contributed by atoms with Crippen LogP contribution in [0.15, 0.2) is 40.9 Å². The molecule has 1 atom stereocenters. The van der Waals surface area contributed by atoms with Crippen molar-refractivity contribution in [3.63, 3.8) is 0 Å². The lowest BCUT2D eigenvalue weighted by atomic mass is 9.86. The Bertz CT molecular complexity index is 633. The van der Waals surface area contributed by atoms with E-state index in [1.165, 1.54) is 0 Å². The highest BCUT2D eigenvalue weighted by atomic mass is 79.9. The molecule has 0 amide bonds. The summed E-state index contributed by atoms with van der Waals surface area (Å²) in [5.74, 6) is 0.741. The van der Waals surface area contributed by atoms with E-state index in [1.807, 2.05) is 50.2 Å². The van der Waals surface area contributed by atoms with Crippen LogP contribution in [0.5, 0.6) is 5.75 Å². The number of rotatable bonds is 3. The number of hydrogen-bond acceptors (Lipinski definition) is 2. The highest BCUT2D eigenvalue weighted by Crippen LogP contribution is 2.40. The van der Waals surface area contributed by atoms with E-state index in [2.05, 4.69) is 15.9 Å². The van der Waals surface area contributed by atoms with E-state index in [-0.39, 0.29) is 0 Å². The number of methoxy groups -OCH3 is 1. The number of ether oxygens (including phenoxy) is 1. The first-order valence-electron chi connectivity index (χ1n) is 6.51. The van der Waals surface area contributed by atoms with Crippen molar-refractivity contribution in [1.29, 1.82) is 0 Å². The van der Waals surface area contributed by atoms with Crippen molar-refractivity contribution in [2.24, 2.45) is 0 Å². The van der Waals surface area contributed by atoms with Gasteiger partial charge in [0.25, 0.3) is 0 Å². The first kappa shape index (κ1) is 15.1. The Kier molecular flexibility index (Phi) is 4.21. The lowest BCUT2D eigenvalue weighted by Gasteiger charge is -2.28. The molecule has 0 saturated heterocycles. The Balaban J connectivity index is 2.67. The second-order valence-corrected chi connectivity index (χ2v) is 5.99. The zero-order chi connectivity index (χ0) is 14.9. The fourth-order valence-electron chi connectivity index (χ4n) is 2.44. The molecule has 0 spiro atoms. The van der Waals surface area contributed by atoms with Gasteiger partial charge in [0.1, 0.15) is 11.4 Å². The van der Waals surface area contributed by atoms with Gasteiger partial charge in [-0.05, 0) is 38.0 Å². The van der Waals surface area contributed by atoms with E-state index in [4.69, 9.17) is 4.74 Å². The molecule has 0 aromatic heterocycles. The summed E-state index contributed by atoms with van der Waals surface area (Å²) in [6.07, 6.45) is 0. The lowest BCUT2D eigenvalue weighted by molar-refractivity contribution is 0.0980. The predicted octanol–water partition coefficient (Wildman–Crippen LogP) is 4.33. The molecule has 2 aromatic carbocycles. The fourth-order valence-corrected chi connectivity index (χ4v) is 3.11. The van der Waals surface area contributed by atoms with Gasteiger partial charge in [0.15, 0.2) is 0 Å². The van der Waals surface area contributed by atoms with Crippen LogP contribution in [-0.2, 0) is 5.60 Å². The van der Waals surface area contributed by atoms with Crippen molar-refractivity contribution in [3.05, 3.63) is 63.1 Å². The molecule has 2 rings (SSSR count). The van der Waals surface area contributed by atoms with Gasteiger partial charge in [-0.3, -0.25) is 0 Å². The molecule has 0 aliphatic heterocycles. The van der Waals surface area contributed by atoms with E-state index in [0.29, 0.717) is 0 Å². The summed E-state index contributed by atoms with van der Waals surface area (Å²) in [6, 6.07) is 11.6. The highest BCUT2D eigenvalue weighted by Gasteiger charge is 2.31. The van der Waals surface area contributed by atoms with E-state index in [1.54, 1.807) is 14.0 Å². The van der Waals surface area contributed by atoms with Gasteiger partial charge in [-0.2, -0.15) is 0 Å². The van der Waals surface area contributed by atoms with Crippen LogP contribution in [0.4, 0.5) is 0 Å². The van der Waals surface area contributed by atoms with Crippen LogP contribution < -0.4 is 4.74 Å². The largest absolute Gasteiger partial charge is 0.496 e. The van der Waals surface area contributed by atoms with Crippen molar-refractivity contribution >= 4 is 15.9 Å². The van der Waals surface area contributed by atoms with Gasteiger partial charge in [0.2, 0.25) is 0 Å². The van der Waals surface area contributed by atoms with Gasteiger partial charge in [-0.25, -0.2) is 0 Å². The molecular weight excluding hydrogens is 316 g/mol. The third kappa shape index (κ3) is 2.48. The molecule has 0 aliphatic carbocycles. The normalized spacial score (nSPS) is 13.9. The molecular formula is C17H19BrO2. The molecule has 106 valence electrons. The quantitative estimate of drug-likeness (QED) is 0.905. The number of benzene rings is 2. The van der Waals surface area contributed by atoms with Crippen molar-refractivity contribution in [1.82, 2.24) is 0 Å². The topological polar surface area (TPSA) is 29.5 Å². The van der Waals surface area contributed by atoms with E-state index >= 15 is 0 Å². The maximum absolute atomic E-state index is 11.1. The van der Waals surface area contributed by atoms with Crippen molar-refractivity contribution in [2.75, 3.05) is 7.11 Å². The minimum atomic E-state index is -1.12. The SMILES string of the molecule is COc1c(C(C)(O)c2ccccc2Br)ccc(C)c1C. The minimum absolute atomic E-state index is 0.741. The molecule has 0 heterocycles. The first-order chi connectivity index (χ1) is 9.39. The summed E-state index contributed by atoms with van der Waals surface area (Å²) >= 11 is 3.51. The van der Waals surface area contributed by atoms with Crippen LogP contribution >= 0.6 is 15.9 Å². The van der Waals surface area contributed by atoms with Gasteiger partial charge in [0, 0.05) is 15.6 Å². The van der Waals surface area contributed by atoms with Crippen LogP contribution in [0.1, 0.15) is 29.2 Å². The Morgan fingerprint density at radius 3 is 2.30 bits per heavy atom. The summed E-state index contributed by atoms with van der Waals surface area (Å²) in [5.41, 5.74) is 2.67. The van der Waals surface area contributed by atoms with E-state index < -0.39 is 5.60 Å². The summed E-state index contributed by atoms with van der Waals surface area (Å²) in [6.45, 7) is 5.84. The number of halogens is 1. The van der Waals surface area contributed by atoms with Crippen LogP contribution in [0.3, 0.4) is 0 Å². The monoisotopic (exact) mass is 334 g/mol. The van der Waals surface area contributed by atoms with Gasteiger partial charge < -0.3 is 9.84 Å². The Morgan fingerprint density at radius 2 is 1.70 bits per heavy atom. The van der Waals surface area contributed by atoms with Crippen LogP contribution in [0.25, 0.3) is 0 Å². The molecule has 3 heteroatoms. The maximum Gasteiger partial charge on any atom is 0.128 e. The average Bonchev–Trinajstić information content (AvgIpc) is 2.41. The van der Waals surface area contributed by atoms with Gasteiger partial charge >= 0.3 is 0 Å². The average molecular weight is 335 g/mol. The Hall–Kier alpha value is -1.32. The van der Waals surface area contributed by atoms with Crippen LogP contribution in [-0.4, -0.2) is 12.2 Å². The summed E-state index contributed by atoms with van der Waals surface area (Å²) in [7, 11) is 1.64. The third-order valence-electron chi connectivity index (χ3n) is 3.80. The van der Waals surface area contributed by atoms with Crippen molar-refractivity contribution < 1.29 is 9.84 Å². The van der Waals surface area contributed by atoms with Gasteiger partial charge in [0.05, 0.1) is 7.11 Å². The van der Waals surface area contributed by atoms with E-state index in [0.717, 1.165) is 32.5 Å². The zero-order valence-corrected chi connectivity index (χ0v) is 13.8. The molecule has 2 aromatic rings. The molecule has 2 nitrogen and oxygen atoms in total. The van der Waals surface area contributed by atoms with Crippen LogP contribution in [0, 0.1) is 13.8 Å². The highest BCUT2D eigenvalue weighted by molar-refractivity contribution is 9.10. The van der Waals surface area contributed by atoms with Gasteiger partial charge in [-0.15, -0.1) is 0 Å². The second-order valence-electron chi connectivity index (χ2n) is 5.14. The third-order valence-corrected chi connectivity index (χ3v) is 4.50. The first-order valence-corrected chi connectivity index (χ1v) is 7.31. The van der Waals surface area contributed by atoms with Crippen LogP contribution in [0.2, 0.25) is 0 Å². The molecule has 1 N–H and O–H groups in total. The minimum Gasteiger partial charge on any atom is -0.496 e. The smallest absolute Gasteiger partial charge is 0.128 e. The lowest BCUT2D eigenvalue weighted by Crippen LogP contribution is -2.24. The Morgan fingerprint density at radius 1 is 1.05 bits per heavy atom. The molecule has 1 unspecified atom stereocenters. The van der Waals surface area contributed by atoms with Crippen molar-refractivity contribution in [3.8, 4) is 5.75 Å². The number of aryl methyl sites for hydroxylation is 1. The fraction of sp³-hybridized carbons (Fsp3) is 0.294. The molecule has 0 aliphatic rings. The predicted molar refractivity (Wildman–Crippen MR) is 85.3 cm³/mol. The molecule has 0 radical (unpaired) electrons. The summed E-state index contributed by atoms with van der Waals surface area (Å²) < 4.78 is 6.41. The zero-order valence-electron chi connectivity index (χ0n) is 12.2. The molecule has 20 heavy (non-hydrogen) atoms.